The summed E-state index contributed by atoms with van der Waals surface area (Å²) in [5.74, 6) is 1.22. The smallest absolute Gasteiger partial charge is 0.330 e. The molecule has 78 valence electrons. The van der Waals surface area contributed by atoms with Crippen LogP contribution in [0.3, 0.4) is 0 Å². The van der Waals surface area contributed by atoms with Crippen molar-refractivity contribution >= 4 is 5.97 Å². The zero-order chi connectivity index (χ0) is 9.97. The van der Waals surface area contributed by atoms with Crippen LogP contribution in [-0.2, 0) is 9.53 Å². The van der Waals surface area contributed by atoms with Gasteiger partial charge in [-0.2, -0.15) is 0 Å². The molecule has 0 aliphatic heterocycles. The summed E-state index contributed by atoms with van der Waals surface area (Å²) >= 11 is 0. The van der Waals surface area contributed by atoms with Crippen molar-refractivity contribution in [2.75, 3.05) is 0 Å². The first kappa shape index (κ1) is 9.75. The molecular formula is C12H18O2. The minimum Gasteiger partial charge on any atom is -0.459 e. The zero-order valence-corrected chi connectivity index (χ0v) is 8.58. The van der Waals surface area contributed by atoms with E-state index in [1.807, 2.05) is 0 Å². The maximum Gasteiger partial charge on any atom is 0.330 e. The first-order chi connectivity index (χ1) is 6.81. The lowest BCUT2D eigenvalue weighted by molar-refractivity contribution is -0.145. The van der Waals surface area contributed by atoms with Crippen LogP contribution in [-0.4, -0.2) is 12.1 Å². The third-order valence-electron chi connectivity index (χ3n) is 3.70. The van der Waals surface area contributed by atoms with Gasteiger partial charge in [-0.1, -0.05) is 25.8 Å². The molecule has 3 atom stereocenters. The maximum absolute atomic E-state index is 11.1. The van der Waals surface area contributed by atoms with Crippen LogP contribution >= 0.6 is 0 Å². The molecule has 0 saturated heterocycles. The zero-order valence-electron chi connectivity index (χ0n) is 8.58. The first-order valence-electron chi connectivity index (χ1n) is 5.64. The van der Waals surface area contributed by atoms with Gasteiger partial charge in [0.2, 0.25) is 0 Å². The van der Waals surface area contributed by atoms with Gasteiger partial charge in [-0.15, -0.1) is 0 Å². The molecule has 2 saturated carbocycles. The second kappa shape index (κ2) is 4.16. The Morgan fingerprint density at radius 1 is 1.21 bits per heavy atom. The third kappa shape index (κ3) is 1.84. The van der Waals surface area contributed by atoms with Crippen LogP contribution in [0.5, 0.6) is 0 Å². The summed E-state index contributed by atoms with van der Waals surface area (Å²) in [6.07, 6.45) is 9.04. The molecule has 0 aromatic rings. The van der Waals surface area contributed by atoms with Gasteiger partial charge in [-0.05, 0) is 31.1 Å². The predicted octanol–water partition coefficient (Wildman–Crippen LogP) is 2.68. The highest BCUT2D eigenvalue weighted by Crippen LogP contribution is 2.43. The van der Waals surface area contributed by atoms with Crippen molar-refractivity contribution in [1.82, 2.24) is 0 Å². The quantitative estimate of drug-likeness (QED) is 0.499. The SMILES string of the molecule is C=CC(=O)OC1CCC2CCCCC21. The summed E-state index contributed by atoms with van der Waals surface area (Å²) in [4.78, 5) is 11.1. The Kier molecular flexibility index (Phi) is 2.90. The van der Waals surface area contributed by atoms with Gasteiger partial charge >= 0.3 is 5.97 Å². The maximum atomic E-state index is 11.1. The standard InChI is InChI=1S/C12H18O2/c1-2-12(13)14-11-8-7-9-5-3-4-6-10(9)11/h2,9-11H,1,3-8H2. The Labute approximate surface area is 85.3 Å². The lowest BCUT2D eigenvalue weighted by Crippen LogP contribution is -2.26. The number of hydrogen-bond acceptors (Lipinski definition) is 2. The van der Waals surface area contributed by atoms with Gasteiger partial charge in [0.05, 0.1) is 0 Å². The summed E-state index contributed by atoms with van der Waals surface area (Å²) in [5.41, 5.74) is 0. The highest BCUT2D eigenvalue weighted by atomic mass is 16.5. The molecule has 0 bridgehead atoms. The van der Waals surface area contributed by atoms with Crippen LogP contribution in [0.25, 0.3) is 0 Å². The average Bonchev–Trinajstić information content (AvgIpc) is 2.62. The van der Waals surface area contributed by atoms with E-state index < -0.39 is 0 Å². The lowest BCUT2D eigenvalue weighted by Gasteiger charge is -2.28. The van der Waals surface area contributed by atoms with E-state index in [1.54, 1.807) is 0 Å². The molecule has 2 aliphatic carbocycles. The topological polar surface area (TPSA) is 26.3 Å². The first-order valence-corrected chi connectivity index (χ1v) is 5.64. The number of ether oxygens (including phenoxy) is 1. The van der Waals surface area contributed by atoms with Crippen LogP contribution in [0.4, 0.5) is 0 Å². The van der Waals surface area contributed by atoms with Crippen LogP contribution in [0.1, 0.15) is 38.5 Å². The fraction of sp³-hybridized carbons (Fsp3) is 0.750. The predicted molar refractivity (Wildman–Crippen MR) is 54.8 cm³/mol. The summed E-state index contributed by atoms with van der Waals surface area (Å²) < 4.78 is 5.37. The van der Waals surface area contributed by atoms with Gasteiger partial charge in [0, 0.05) is 6.08 Å². The van der Waals surface area contributed by atoms with Crippen molar-refractivity contribution in [3.05, 3.63) is 12.7 Å². The number of carbonyl (C=O) groups excluding carboxylic acids is 1. The van der Waals surface area contributed by atoms with Crippen molar-refractivity contribution < 1.29 is 9.53 Å². The molecule has 3 unspecified atom stereocenters. The van der Waals surface area contributed by atoms with Crippen molar-refractivity contribution in [2.24, 2.45) is 11.8 Å². The molecular weight excluding hydrogens is 176 g/mol. The van der Waals surface area contributed by atoms with Crippen LogP contribution in [0.15, 0.2) is 12.7 Å². The van der Waals surface area contributed by atoms with E-state index in [0.29, 0.717) is 5.92 Å². The summed E-state index contributed by atoms with van der Waals surface area (Å²) in [6, 6.07) is 0. The molecule has 0 N–H and O–H groups in total. The highest BCUT2D eigenvalue weighted by Gasteiger charge is 2.39. The second-order valence-corrected chi connectivity index (χ2v) is 4.47. The molecule has 2 rings (SSSR count). The van der Waals surface area contributed by atoms with E-state index in [-0.39, 0.29) is 12.1 Å². The van der Waals surface area contributed by atoms with Gasteiger partial charge < -0.3 is 4.74 Å². The number of esters is 1. The Hall–Kier alpha value is -0.790. The fourth-order valence-electron chi connectivity index (χ4n) is 3.02. The number of hydrogen-bond donors (Lipinski definition) is 0. The third-order valence-corrected chi connectivity index (χ3v) is 3.70. The number of rotatable bonds is 2. The molecule has 2 nitrogen and oxygen atoms in total. The molecule has 0 aromatic carbocycles. The van der Waals surface area contributed by atoms with Crippen LogP contribution in [0, 0.1) is 11.8 Å². The van der Waals surface area contributed by atoms with Crippen molar-refractivity contribution in [3.8, 4) is 0 Å². The molecule has 14 heavy (non-hydrogen) atoms. The fourth-order valence-corrected chi connectivity index (χ4v) is 3.02. The van der Waals surface area contributed by atoms with Crippen molar-refractivity contribution in [1.29, 1.82) is 0 Å². The largest absolute Gasteiger partial charge is 0.459 e. The minimum atomic E-state index is -0.249. The van der Waals surface area contributed by atoms with E-state index >= 15 is 0 Å². The van der Waals surface area contributed by atoms with Gasteiger partial charge in [-0.25, -0.2) is 4.79 Å². The summed E-state index contributed by atoms with van der Waals surface area (Å²) in [7, 11) is 0. The van der Waals surface area contributed by atoms with E-state index in [0.717, 1.165) is 12.3 Å². The molecule has 0 radical (unpaired) electrons. The minimum absolute atomic E-state index is 0.186. The molecule has 0 heterocycles. The molecule has 2 heteroatoms. The Morgan fingerprint density at radius 2 is 2.00 bits per heavy atom. The average molecular weight is 194 g/mol. The normalized spacial score (nSPS) is 36.1. The molecule has 0 spiro atoms. The van der Waals surface area contributed by atoms with E-state index in [9.17, 15) is 4.79 Å². The molecule has 2 fully saturated rings. The Bertz CT molecular complexity index is 234. The van der Waals surface area contributed by atoms with Crippen LogP contribution < -0.4 is 0 Å². The van der Waals surface area contributed by atoms with Gasteiger partial charge in [0.1, 0.15) is 6.10 Å². The molecule has 2 aliphatic rings. The van der Waals surface area contributed by atoms with Gasteiger partial charge in [0.15, 0.2) is 0 Å². The van der Waals surface area contributed by atoms with Crippen molar-refractivity contribution in [2.45, 2.75) is 44.6 Å². The monoisotopic (exact) mass is 194 g/mol. The summed E-state index contributed by atoms with van der Waals surface area (Å²) in [5, 5.41) is 0. The van der Waals surface area contributed by atoms with E-state index in [2.05, 4.69) is 6.58 Å². The van der Waals surface area contributed by atoms with Gasteiger partial charge in [0.25, 0.3) is 0 Å². The Morgan fingerprint density at radius 3 is 2.79 bits per heavy atom. The highest BCUT2D eigenvalue weighted by molar-refractivity contribution is 5.81. The number of fused-ring (bicyclic) bond motifs is 1. The van der Waals surface area contributed by atoms with Gasteiger partial charge in [-0.3, -0.25) is 0 Å². The Balaban J connectivity index is 1.93. The summed E-state index contributed by atoms with van der Waals surface area (Å²) in [6.45, 7) is 3.43. The second-order valence-electron chi connectivity index (χ2n) is 4.47. The van der Waals surface area contributed by atoms with E-state index in [1.165, 1.54) is 38.2 Å². The molecule has 0 amide bonds. The lowest BCUT2D eigenvalue weighted by atomic mass is 9.81. The van der Waals surface area contributed by atoms with Crippen molar-refractivity contribution in [3.63, 3.8) is 0 Å². The molecule has 0 aromatic heterocycles. The number of carbonyl (C=O) groups is 1. The van der Waals surface area contributed by atoms with E-state index in [4.69, 9.17) is 4.74 Å². The van der Waals surface area contributed by atoms with Crippen LogP contribution in [0.2, 0.25) is 0 Å².